The molecule has 2 heteroatoms. The topological polar surface area (TPSA) is 36.1 Å². The van der Waals surface area contributed by atoms with Crippen LogP contribution in [0.25, 0.3) is 0 Å². The van der Waals surface area contributed by atoms with Crippen molar-refractivity contribution in [3.05, 3.63) is 0 Å². The van der Waals surface area contributed by atoms with E-state index in [1.54, 1.807) is 0 Å². The molecule has 0 aromatic rings. The molecule has 1 aliphatic heterocycles. The van der Waals surface area contributed by atoms with E-state index in [0.717, 1.165) is 18.7 Å². The summed E-state index contributed by atoms with van der Waals surface area (Å²) >= 11 is 0. The highest BCUT2D eigenvalue weighted by Gasteiger charge is 2.19. The van der Waals surface area contributed by atoms with E-state index < -0.39 is 0 Å². The molecule has 42 valence electrons. The normalized spacial score (nSPS) is 18.8. The Balaban J connectivity index is 2.41. The molecule has 1 aliphatic rings. The van der Waals surface area contributed by atoms with Crippen molar-refractivity contribution in [1.82, 2.24) is 0 Å². The van der Waals surface area contributed by atoms with Gasteiger partial charge in [-0.1, -0.05) is 6.92 Å². The SMILES string of the molecule is CCC(C#N)C1=NC1. The maximum atomic E-state index is 8.41. The summed E-state index contributed by atoms with van der Waals surface area (Å²) in [4.78, 5) is 3.94. The van der Waals surface area contributed by atoms with E-state index in [9.17, 15) is 0 Å². The van der Waals surface area contributed by atoms with Crippen LogP contribution in [-0.4, -0.2) is 12.3 Å². The highest BCUT2D eigenvalue weighted by Crippen LogP contribution is 2.12. The van der Waals surface area contributed by atoms with E-state index in [1.807, 2.05) is 6.92 Å². The van der Waals surface area contributed by atoms with E-state index in [2.05, 4.69) is 11.1 Å². The van der Waals surface area contributed by atoms with E-state index in [1.165, 1.54) is 0 Å². The van der Waals surface area contributed by atoms with Crippen molar-refractivity contribution in [3.63, 3.8) is 0 Å². The molecular weight excluding hydrogens is 100 g/mol. The van der Waals surface area contributed by atoms with Gasteiger partial charge in [0.1, 0.15) is 0 Å². The maximum absolute atomic E-state index is 8.41. The zero-order chi connectivity index (χ0) is 5.98. The van der Waals surface area contributed by atoms with Gasteiger partial charge < -0.3 is 0 Å². The third-order valence-corrected chi connectivity index (χ3v) is 1.31. The minimum Gasteiger partial charge on any atom is -0.285 e. The number of nitriles is 1. The molecule has 0 fully saturated rings. The van der Waals surface area contributed by atoms with Gasteiger partial charge in [0.05, 0.1) is 24.2 Å². The Hall–Kier alpha value is -0.840. The molecular formula is C6H8N2. The molecule has 0 bridgehead atoms. The van der Waals surface area contributed by atoms with Gasteiger partial charge in [0.2, 0.25) is 0 Å². The number of rotatable bonds is 2. The van der Waals surface area contributed by atoms with Crippen molar-refractivity contribution < 1.29 is 0 Å². The molecule has 0 saturated carbocycles. The second-order valence-electron chi connectivity index (χ2n) is 1.90. The summed E-state index contributed by atoms with van der Waals surface area (Å²) in [5, 5.41) is 8.41. The lowest BCUT2D eigenvalue weighted by molar-refractivity contribution is 0.841. The molecule has 1 heterocycles. The first-order valence-corrected chi connectivity index (χ1v) is 2.81. The van der Waals surface area contributed by atoms with Gasteiger partial charge in [-0.3, -0.25) is 4.99 Å². The first kappa shape index (κ1) is 5.30. The Bertz CT molecular complexity index is 152. The van der Waals surface area contributed by atoms with Crippen LogP contribution in [0.2, 0.25) is 0 Å². The average molecular weight is 108 g/mol. The minimum atomic E-state index is 0.120. The fourth-order valence-corrected chi connectivity index (χ4v) is 0.667. The highest BCUT2D eigenvalue weighted by molar-refractivity contribution is 6.00. The fraction of sp³-hybridized carbons (Fsp3) is 0.667. The molecule has 0 N–H and O–H groups in total. The number of hydrogen-bond donors (Lipinski definition) is 0. The summed E-state index contributed by atoms with van der Waals surface area (Å²) in [7, 11) is 0. The molecule has 0 aromatic heterocycles. The molecule has 0 saturated heterocycles. The van der Waals surface area contributed by atoms with Crippen LogP contribution in [0.3, 0.4) is 0 Å². The van der Waals surface area contributed by atoms with Crippen molar-refractivity contribution >= 4 is 5.71 Å². The Morgan fingerprint density at radius 3 is 2.75 bits per heavy atom. The minimum absolute atomic E-state index is 0.120. The number of hydrogen-bond acceptors (Lipinski definition) is 2. The summed E-state index contributed by atoms with van der Waals surface area (Å²) in [6, 6.07) is 2.18. The van der Waals surface area contributed by atoms with Crippen molar-refractivity contribution in [1.29, 1.82) is 5.26 Å². The standard InChI is InChI=1S/C6H8N2/c1-2-5(3-7)6-4-8-6/h5H,2,4H2,1H3. The summed E-state index contributed by atoms with van der Waals surface area (Å²) in [5.74, 6) is 0.120. The van der Waals surface area contributed by atoms with Gasteiger partial charge in [-0.2, -0.15) is 5.26 Å². The number of nitrogens with zero attached hydrogens (tertiary/aromatic N) is 2. The molecule has 0 amide bonds. The smallest absolute Gasteiger partial charge is 0.0857 e. The van der Waals surface area contributed by atoms with E-state index >= 15 is 0 Å². The lowest BCUT2D eigenvalue weighted by Gasteiger charge is -1.92. The van der Waals surface area contributed by atoms with Crippen molar-refractivity contribution in [2.75, 3.05) is 6.54 Å². The number of aliphatic imine (C=N–C) groups is 1. The fourth-order valence-electron chi connectivity index (χ4n) is 0.667. The zero-order valence-electron chi connectivity index (χ0n) is 4.89. The van der Waals surface area contributed by atoms with Crippen molar-refractivity contribution in [3.8, 4) is 6.07 Å². The second-order valence-corrected chi connectivity index (χ2v) is 1.90. The zero-order valence-corrected chi connectivity index (χ0v) is 4.89. The molecule has 0 aromatic carbocycles. The van der Waals surface area contributed by atoms with Gasteiger partial charge in [0, 0.05) is 0 Å². The predicted molar refractivity (Wildman–Crippen MR) is 31.7 cm³/mol. The van der Waals surface area contributed by atoms with Crippen LogP contribution in [0.1, 0.15) is 13.3 Å². The summed E-state index contributed by atoms with van der Waals surface area (Å²) in [5.41, 5.74) is 1.09. The van der Waals surface area contributed by atoms with Gasteiger partial charge in [-0.05, 0) is 6.42 Å². The quantitative estimate of drug-likeness (QED) is 0.519. The summed E-state index contributed by atoms with van der Waals surface area (Å²) in [6.45, 7) is 2.85. The largest absolute Gasteiger partial charge is 0.285 e. The molecule has 0 radical (unpaired) electrons. The summed E-state index contributed by atoms with van der Waals surface area (Å²) < 4.78 is 0. The van der Waals surface area contributed by atoms with Crippen LogP contribution in [-0.2, 0) is 0 Å². The molecule has 8 heavy (non-hydrogen) atoms. The predicted octanol–water partition coefficient (Wildman–Crippen LogP) is 0.991. The maximum Gasteiger partial charge on any atom is 0.0857 e. The molecule has 1 atom stereocenters. The lowest BCUT2D eigenvalue weighted by atomic mass is 10.1. The first-order chi connectivity index (χ1) is 3.88. The molecule has 0 aliphatic carbocycles. The van der Waals surface area contributed by atoms with E-state index in [-0.39, 0.29) is 5.92 Å². The van der Waals surface area contributed by atoms with Crippen LogP contribution in [0, 0.1) is 17.2 Å². The van der Waals surface area contributed by atoms with Crippen LogP contribution in [0.4, 0.5) is 0 Å². The van der Waals surface area contributed by atoms with Gasteiger partial charge in [-0.15, -0.1) is 0 Å². The lowest BCUT2D eigenvalue weighted by Crippen LogP contribution is -2.00. The second kappa shape index (κ2) is 1.95. The monoisotopic (exact) mass is 108 g/mol. The Morgan fingerprint density at radius 2 is 2.62 bits per heavy atom. The molecule has 2 nitrogen and oxygen atoms in total. The third kappa shape index (κ3) is 0.865. The van der Waals surface area contributed by atoms with Gasteiger partial charge in [0.25, 0.3) is 0 Å². The Morgan fingerprint density at radius 1 is 2.00 bits per heavy atom. The molecule has 1 unspecified atom stereocenters. The van der Waals surface area contributed by atoms with Crippen LogP contribution < -0.4 is 0 Å². The van der Waals surface area contributed by atoms with Crippen LogP contribution in [0.5, 0.6) is 0 Å². The van der Waals surface area contributed by atoms with Crippen LogP contribution >= 0.6 is 0 Å². The average Bonchev–Trinajstić information content (AvgIpc) is 2.53. The highest BCUT2D eigenvalue weighted by atomic mass is 14.9. The Labute approximate surface area is 48.8 Å². The summed E-state index contributed by atoms with van der Waals surface area (Å²) in [6.07, 6.45) is 0.912. The van der Waals surface area contributed by atoms with Crippen molar-refractivity contribution in [2.24, 2.45) is 10.9 Å². The van der Waals surface area contributed by atoms with Gasteiger partial charge in [-0.25, -0.2) is 0 Å². The van der Waals surface area contributed by atoms with E-state index in [4.69, 9.17) is 5.26 Å². The molecule has 0 spiro atoms. The Kier molecular flexibility index (Phi) is 1.29. The van der Waals surface area contributed by atoms with Crippen LogP contribution in [0.15, 0.2) is 4.99 Å². The van der Waals surface area contributed by atoms with Crippen molar-refractivity contribution in [2.45, 2.75) is 13.3 Å². The van der Waals surface area contributed by atoms with E-state index in [0.29, 0.717) is 0 Å². The van der Waals surface area contributed by atoms with Gasteiger partial charge >= 0.3 is 0 Å². The van der Waals surface area contributed by atoms with Gasteiger partial charge in [0.15, 0.2) is 0 Å². The first-order valence-electron chi connectivity index (χ1n) is 2.81. The molecule has 1 rings (SSSR count). The third-order valence-electron chi connectivity index (χ3n) is 1.31.